The smallest absolute Gasteiger partial charge is 0.159 e. The number of nitrogens with zero attached hydrogens (tertiary/aromatic N) is 1. The van der Waals surface area contributed by atoms with E-state index in [1.807, 2.05) is 6.92 Å². The van der Waals surface area contributed by atoms with Gasteiger partial charge in [0.05, 0.1) is 0 Å². The second kappa shape index (κ2) is 2.83. The van der Waals surface area contributed by atoms with Crippen molar-refractivity contribution in [3.63, 3.8) is 0 Å². The minimum absolute atomic E-state index is 0.623. The molecule has 0 aliphatic heterocycles. The molecule has 0 aliphatic carbocycles. The molecule has 0 spiro atoms. The van der Waals surface area contributed by atoms with Crippen molar-refractivity contribution in [2.24, 2.45) is 0 Å². The first-order valence-electron chi connectivity index (χ1n) is 2.80. The molecule has 0 bridgehead atoms. The zero-order valence-corrected chi connectivity index (χ0v) is 6.66. The molecular formula is C5H9N3OS. The molecule has 5 heteroatoms. The zero-order valence-electron chi connectivity index (χ0n) is 5.84. The standard InChI is InChI=1S/C5H9N3OS/c1-4-3-5(7-6-4)8-10(2)9/h3H,1-2H3,(H2,6,7,8). The lowest BCUT2D eigenvalue weighted by Crippen LogP contribution is -2.00. The van der Waals surface area contributed by atoms with Crippen LogP contribution < -0.4 is 4.72 Å². The highest BCUT2D eigenvalue weighted by Crippen LogP contribution is 2.03. The van der Waals surface area contributed by atoms with E-state index in [0.29, 0.717) is 5.82 Å². The maximum Gasteiger partial charge on any atom is 0.159 e. The van der Waals surface area contributed by atoms with Crippen LogP contribution in [0.15, 0.2) is 6.07 Å². The van der Waals surface area contributed by atoms with Crippen LogP contribution >= 0.6 is 0 Å². The summed E-state index contributed by atoms with van der Waals surface area (Å²) in [7, 11) is -1.04. The van der Waals surface area contributed by atoms with Gasteiger partial charge in [-0.05, 0) is 6.92 Å². The lowest BCUT2D eigenvalue weighted by atomic mass is 10.5. The van der Waals surface area contributed by atoms with E-state index in [-0.39, 0.29) is 0 Å². The first kappa shape index (κ1) is 7.27. The predicted octanol–water partition coefficient (Wildman–Crippen LogP) is 0.424. The molecule has 1 heterocycles. The van der Waals surface area contributed by atoms with Gasteiger partial charge in [0, 0.05) is 18.0 Å². The molecule has 1 rings (SSSR count). The molecule has 10 heavy (non-hydrogen) atoms. The Morgan fingerprint density at radius 3 is 2.90 bits per heavy atom. The molecule has 1 unspecified atom stereocenters. The first-order chi connectivity index (χ1) is 4.68. The predicted molar refractivity (Wildman–Crippen MR) is 41.0 cm³/mol. The quantitative estimate of drug-likeness (QED) is 0.657. The fourth-order valence-electron chi connectivity index (χ4n) is 0.618. The van der Waals surface area contributed by atoms with E-state index >= 15 is 0 Å². The van der Waals surface area contributed by atoms with Crippen LogP contribution in [0, 0.1) is 6.92 Å². The minimum Gasteiger partial charge on any atom is -0.288 e. The number of rotatable bonds is 2. The Morgan fingerprint density at radius 2 is 2.50 bits per heavy atom. The van der Waals surface area contributed by atoms with Crippen molar-refractivity contribution in [1.29, 1.82) is 0 Å². The van der Waals surface area contributed by atoms with Crippen molar-refractivity contribution in [1.82, 2.24) is 10.2 Å². The van der Waals surface area contributed by atoms with Crippen LogP contribution in [-0.4, -0.2) is 20.7 Å². The maximum absolute atomic E-state index is 10.6. The van der Waals surface area contributed by atoms with Crippen LogP contribution in [0.25, 0.3) is 0 Å². The van der Waals surface area contributed by atoms with E-state index < -0.39 is 11.0 Å². The van der Waals surface area contributed by atoms with E-state index in [1.54, 1.807) is 12.3 Å². The van der Waals surface area contributed by atoms with Crippen LogP contribution in [0.1, 0.15) is 5.69 Å². The SMILES string of the molecule is Cc1cc(NS(C)=O)n[nH]1. The number of nitrogens with one attached hydrogen (secondary N) is 2. The van der Waals surface area contributed by atoms with Gasteiger partial charge in [0.2, 0.25) is 0 Å². The number of hydrogen-bond donors (Lipinski definition) is 2. The molecule has 0 saturated carbocycles. The van der Waals surface area contributed by atoms with Crippen LogP contribution in [-0.2, 0) is 11.0 Å². The average Bonchev–Trinajstić information content (AvgIpc) is 2.13. The van der Waals surface area contributed by atoms with Crippen LogP contribution in [0.3, 0.4) is 0 Å². The average molecular weight is 159 g/mol. The number of H-pyrrole nitrogens is 1. The molecule has 4 nitrogen and oxygen atoms in total. The summed E-state index contributed by atoms with van der Waals surface area (Å²) in [5.41, 5.74) is 0.952. The van der Waals surface area contributed by atoms with Crippen LogP contribution in [0.4, 0.5) is 5.82 Å². The van der Waals surface area contributed by atoms with Crippen LogP contribution in [0.5, 0.6) is 0 Å². The van der Waals surface area contributed by atoms with Crippen molar-refractivity contribution in [3.05, 3.63) is 11.8 Å². The Morgan fingerprint density at radius 1 is 1.80 bits per heavy atom. The third-order valence-corrected chi connectivity index (χ3v) is 1.45. The second-order valence-corrected chi connectivity index (χ2v) is 3.10. The fraction of sp³-hybridized carbons (Fsp3) is 0.400. The Bertz CT molecular complexity index is 245. The Labute approximate surface area is 61.6 Å². The largest absolute Gasteiger partial charge is 0.288 e. The van der Waals surface area contributed by atoms with Gasteiger partial charge >= 0.3 is 0 Å². The zero-order chi connectivity index (χ0) is 7.56. The van der Waals surface area contributed by atoms with Crippen molar-refractivity contribution < 1.29 is 4.21 Å². The molecule has 1 aromatic heterocycles. The highest BCUT2D eigenvalue weighted by atomic mass is 32.2. The minimum atomic E-state index is -1.04. The topological polar surface area (TPSA) is 57.8 Å². The molecule has 56 valence electrons. The lowest BCUT2D eigenvalue weighted by molar-refractivity contribution is 0.689. The Balaban J connectivity index is 2.67. The van der Waals surface area contributed by atoms with Gasteiger partial charge in [0.15, 0.2) is 5.82 Å². The fourth-order valence-corrected chi connectivity index (χ4v) is 1.02. The van der Waals surface area contributed by atoms with Gasteiger partial charge in [0.25, 0.3) is 0 Å². The summed E-state index contributed by atoms with van der Waals surface area (Å²) < 4.78 is 13.2. The maximum atomic E-state index is 10.6. The highest BCUT2D eigenvalue weighted by molar-refractivity contribution is 7.85. The van der Waals surface area contributed by atoms with Crippen LogP contribution in [0.2, 0.25) is 0 Å². The number of aromatic amines is 1. The van der Waals surface area contributed by atoms with Gasteiger partial charge < -0.3 is 0 Å². The summed E-state index contributed by atoms with van der Waals surface area (Å²) in [5, 5.41) is 6.55. The van der Waals surface area contributed by atoms with Crippen molar-refractivity contribution in [3.8, 4) is 0 Å². The molecular weight excluding hydrogens is 150 g/mol. The third-order valence-electron chi connectivity index (χ3n) is 0.954. The monoisotopic (exact) mass is 159 g/mol. The van der Waals surface area contributed by atoms with Gasteiger partial charge in [-0.25, -0.2) is 4.21 Å². The van der Waals surface area contributed by atoms with Gasteiger partial charge in [0.1, 0.15) is 11.0 Å². The molecule has 0 aromatic carbocycles. The molecule has 2 N–H and O–H groups in total. The van der Waals surface area contributed by atoms with Gasteiger partial charge in [-0.15, -0.1) is 0 Å². The van der Waals surface area contributed by atoms with Gasteiger partial charge in [-0.1, -0.05) is 0 Å². The van der Waals surface area contributed by atoms with E-state index in [2.05, 4.69) is 14.9 Å². The molecule has 0 fully saturated rings. The number of hydrogen-bond acceptors (Lipinski definition) is 2. The van der Waals surface area contributed by atoms with Gasteiger partial charge in [-0.2, -0.15) is 5.10 Å². The third kappa shape index (κ3) is 1.84. The lowest BCUT2D eigenvalue weighted by Gasteiger charge is -1.92. The molecule has 1 aromatic rings. The molecule has 0 radical (unpaired) electrons. The van der Waals surface area contributed by atoms with E-state index in [0.717, 1.165) is 5.69 Å². The van der Waals surface area contributed by atoms with Gasteiger partial charge in [-0.3, -0.25) is 9.82 Å². The van der Waals surface area contributed by atoms with E-state index in [1.165, 1.54) is 0 Å². The van der Waals surface area contributed by atoms with E-state index in [4.69, 9.17) is 0 Å². The first-order valence-corrected chi connectivity index (χ1v) is 4.36. The summed E-state index contributed by atoms with van der Waals surface area (Å²) in [6.45, 7) is 1.89. The normalized spacial score (nSPS) is 13.0. The van der Waals surface area contributed by atoms with Crippen molar-refractivity contribution >= 4 is 16.8 Å². The number of aryl methyl sites for hydroxylation is 1. The summed E-state index contributed by atoms with van der Waals surface area (Å²) in [6.07, 6.45) is 1.56. The Kier molecular flexibility index (Phi) is 2.06. The molecule has 0 amide bonds. The summed E-state index contributed by atoms with van der Waals surface area (Å²) in [5.74, 6) is 0.623. The summed E-state index contributed by atoms with van der Waals surface area (Å²) >= 11 is 0. The Hall–Kier alpha value is -0.840. The van der Waals surface area contributed by atoms with Crippen molar-refractivity contribution in [2.75, 3.05) is 11.0 Å². The number of aromatic nitrogens is 2. The molecule has 0 saturated heterocycles. The van der Waals surface area contributed by atoms with E-state index in [9.17, 15) is 4.21 Å². The van der Waals surface area contributed by atoms with Crippen molar-refractivity contribution in [2.45, 2.75) is 6.92 Å². The summed E-state index contributed by atoms with van der Waals surface area (Å²) in [4.78, 5) is 0. The molecule has 0 aliphatic rings. The second-order valence-electron chi connectivity index (χ2n) is 1.99. The number of anilines is 1. The highest BCUT2D eigenvalue weighted by Gasteiger charge is 1.95. The summed E-state index contributed by atoms with van der Waals surface area (Å²) in [6, 6.07) is 1.79. The molecule has 1 atom stereocenters.